The van der Waals surface area contributed by atoms with Gasteiger partial charge in [0.05, 0.1) is 5.69 Å². The Balaban J connectivity index is 3.05. The summed E-state index contributed by atoms with van der Waals surface area (Å²) in [6.45, 7) is 5.16. The highest BCUT2D eigenvalue weighted by atomic mass is 16.3. The van der Waals surface area contributed by atoms with Crippen LogP contribution < -0.4 is 0 Å². The fourth-order valence-corrected chi connectivity index (χ4v) is 0.863. The summed E-state index contributed by atoms with van der Waals surface area (Å²) in [6.07, 6.45) is 0. The van der Waals surface area contributed by atoms with Crippen molar-refractivity contribution in [2.75, 3.05) is 0 Å². The summed E-state index contributed by atoms with van der Waals surface area (Å²) in [5.41, 5.74) is 0.455. The molecule has 0 spiro atoms. The van der Waals surface area contributed by atoms with E-state index in [0.717, 1.165) is 5.69 Å². The van der Waals surface area contributed by atoms with E-state index < -0.39 is 5.60 Å². The maximum Gasteiger partial charge on any atom is 0.116 e. The van der Waals surface area contributed by atoms with E-state index >= 15 is 0 Å². The number of hydrogen-bond donors (Lipinski definition) is 2. The van der Waals surface area contributed by atoms with Gasteiger partial charge < -0.3 is 5.11 Å². The first kappa shape index (κ1) is 7.21. The van der Waals surface area contributed by atoms with Crippen molar-refractivity contribution >= 4 is 0 Å². The van der Waals surface area contributed by atoms with Crippen LogP contribution in [0.2, 0.25) is 0 Å². The zero-order valence-electron chi connectivity index (χ0n) is 6.34. The van der Waals surface area contributed by atoms with Crippen molar-refractivity contribution in [3.8, 4) is 0 Å². The van der Waals surface area contributed by atoms with Crippen LogP contribution in [0.15, 0.2) is 0 Å². The minimum atomic E-state index is -0.892. The van der Waals surface area contributed by atoms with Crippen LogP contribution in [0.5, 0.6) is 0 Å². The number of aryl methyl sites for hydroxylation is 1. The van der Waals surface area contributed by atoms with Crippen molar-refractivity contribution < 1.29 is 5.11 Å². The van der Waals surface area contributed by atoms with Gasteiger partial charge in [-0.05, 0) is 20.8 Å². The highest BCUT2D eigenvalue weighted by molar-refractivity contribution is 5.12. The van der Waals surface area contributed by atoms with Gasteiger partial charge in [0.2, 0.25) is 0 Å². The molecular formula is C6H11N3O. The van der Waals surface area contributed by atoms with Crippen molar-refractivity contribution in [2.45, 2.75) is 26.4 Å². The Kier molecular flexibility index (Phi) is 1.48. The van der Waals surface area contributed by atoms with Gasteiger partial charge in [-0.25, -0.2) is 0 Å². The van der Waals surface area contributed by atoms with Crippen LogP contribution in [0.1, 0.15) is 25.2 Å². The molecule has 0 aliphatic carbocycles. The topological polar surface area (TPSA) is 61.8 Å². The van der Waals surface area contributed by atoms with Gasteiger partial charge in [-0.2, -0.15) is 15.4 Å². The molecule has 1 heterocycles. The minimum Gasteiger partial charge on any atom is -0.384 e. The molecule has 0 atom stereocenters. The molecular weight excluding hydrogens is 130 g/mol. The van der Waals surface area contributed by atoms with Gasteiger partial charge in [0.1, 0.15) is 11.3 Å². The van der Waals surface area contributed by atoms with Crippen molar-refractivity contribution in [1.29, 1.82) is 0 Å². The average molecular weight is 141 g/mol. The molecule has 0 saturated heterocycles. The lowest BCUT2D eigenvalue weighted by Gasteiger charge is -2.13. The molecule has 0 aliphatic rings. The lowest BCUT2D eigenvalue weighted by molar-refractivity contribution is 0.0731. The second-order valence-corrected chi connectivity index (χ2v) is 2.82. The van der Waals surface area contributed by atoms with Gasteiger partial charge in [0.15, 0.2) is 0 Å². The fourth-order valence-electron chi connectivity index (χ4n) is 0.863. The number of nitrogens with zero attached hydrogens (tertiary/aromatic N) is 2. The van der Waals surface area contributed by atoms with E-state index in [-0.39, 0.29) is 0 Å². The van der Waals surface area contributed by atoms with Crippen molar-refractivity contribution in [3.05, 3.63) is 11.4 Å². The third kappa shape index (κ3) is 1.16. The Labute approximate surface area is 59.3 Å². The van der Waals surface area contributed by atoms with Gasteiger partial charge in [-0.1, -0.05) is 0 Å². The summed E-state index contributed by atoms with van der Waals surface area (Å²) in [5.74, 6) is 0. The second-order valence-electron chi connectivity index (χ2n) is 2.82. The number of hydrogen-bond acceptors (Lipinski definition) is 3. The second kappa shape index (κ2) is 2.05. The molecule has 10 heavy (non-hydrogen) atoms. The van der Waals surface area contributed by atoms with Gasteiger partial charge in [0, 0.05) is 0 Å². The van der Waals surface area contributed by atoms with E-state index in [4.69, 9.17) is 0 Å². The monoisotopic (exact) mass is 141 g/mol. The molecule has 0 unspecified atom stereocenters. The standard InChI is InChI=1S/C6H11N3O/c1-4-5(6(2,3)10)8-9-7-4/h10H,1-3H3,(H,7,8,9). The zero-order valence-corrected chi connectivity index (χ0v) is 6.34. The predicted molar refractivity (Wildman–Crippen MR) is 36.4 cm³/mol. The fraction of sp³-hybridized carbons (Fsp3) is 0.667. The first-order valence-corrected chi connectivity index (χ1v) is 3.12. The van der Waals surface area contributed by atoms with E-state index in [0.29, 0.717) is 5.69 Å². The maximum atomic E-state index is 9.44. The van der Waals surface area contributed by atoms with Gasteiger partial charge in [0.25, 0.3) is 0 Å². The zero-order chi connectivity index (χ0) is 7.78. The highest BCUT2D eigenvalue weighted by Gasteiger charge is 2.21. The quantitative estimate of drug-likeness (QED) is 0.592. The lowest BCUT2D eigenvalue weighted by Crippen LogP contribution is -2.17. The molecule has 2 N–H and O–H groups in total. The van der Waals surface area contributed by atoms with Crippen LogP contribution in [0.4, 0.5) is 0 Å². The Morgan fingerprint density at radius 3 is 2.20 bits per heavy atom. The summed E-state index contributed by atoms with van der Waals surface area (Å²) >= 11 is 0. The molecule has 0 aliphatic heterocycles. The van der Waals surface area contributed by atoms with Gasteiger partial charge >= 0.3 is 0 Å². The Morgan fingerprint density at radius 2 is 2.00 bits per heavy atom. The third-order valence-electron chi connectivity index (χ3n) is 1.30. The molecule has 1 aromatic heterocycles. The van der Waals surface area contributed by atoms with Crippen molar-refractivity contribution in [3.63, 3.8) is 0 Å². The number of aromatic amines is 1. The summed E-state index contributed by atoms with van der Waals surface area (Å²) < 4.78 is 0. The summed E-state index contributed by atoms with van der Waals surface area (Å²) in [5, 5.41) is 19.5. The lowest BCUT2D eigenvalue weighted by atomic mass is 10.0. The molecule has 0 radical (unpaired) electrons. The van der Waals surface area contributed by atoms with Crippen molar-refractivity contribution in [1.82, 2.24) is 15.4 Å². The number of aromatic nitrogens is 3. The van der Waals surface area contributed by atoms with Crippen LogP contribution >= 0.6 is 0 Å². The van der Waals surface area contributed by atoms with Gasteiger partial charge in [-0.15, -0.1) is 0 Å². The summed E-state index contributed by atoms with van der Waals surface area (Å²) in [4.78, 5) is 0. The third-order valence-corrected chi connectivity index (χ3v) is 1.30. The van der Waals surface area contributed by atoms with E-state index in [1.807, 2.05) is 0 Å². The molecule has 1 aromatic rings. The van der Waals surface area contributed by atoms with E-state index in [1.165, 1.54) is 0 Å². The van der Waals surface area contributed by atoms with Crippen LogP contribution in [0, 0.1) is 6.92 Å². The normalized spacial score (nSPS) is 12.0. The van der Waals surface area contributed by atoms with Crippen LogP contribution in [0.3, 0.4) is 0 Å². The molecule has 0 fully saturated rings. The first-order valence-electron chi connectivity index (χ1n) is 3.12. The number of rotatable bonds is 1. The van der Waals surface area contributed by atoms with Crippen molar-refractivity contribution in [2.24, 2.45) is 0 Å². The molecule has 1 rings (SSSR count). The number of H-pyrrole nitrogens is 1. The number of aliphatic hydroxyl groups is 1. The summed E-state index contributed by atoms with van der Waals surface area (Å²) in [6, 6.07) is 0. The Hall–Kier alpha value is -0.900. The Morgan fingerprint density at radius 1 is 1.40 bits per heavy atom. The van der Waals surface area contributed by atoms with E-state index in [9.17, 15) is 5.11 Å². The first-order chi connectivity index (χ1) is 4.52. The summed E-state index contributed by atoms with van der Waals surface area (Å²) in [7, 11) is 0. The number of nitrogens with one attached hydrogen (secondary N) is 1. The SMILES string of the molecule is Cc1n[nH]nc1C(C)(C)O. The Bertz CT molecular complexity index is 223. The molecule has 4 heteroatoms. The molecule has 4 nitrogen and oxygen atoms in total. The molecule has 0 amide bonds. The largest absolute Gasteiger partial charge is 0.384 e. The molecule has 56 valence electrons. The molecule has 0 saturated carbocycles. The van der Waals surface area contributed by atoms with E-state index in [2.05, 4.69) is 15.4 Å². The van der Waals surface area contributed by atoms with Gasteiger partial charge in [-0.3, -0.25) is 0 Å². The molecule has 0 aromatic carbocycles. The smallest absolute Gasteiger partial charge is 0.116 e. The predicted octanol–water partition coefficient (Wildman–Crippen LogP) is 0.341. The highest BCUT2D eigenvalue weighted by Crippen LogP contribution is 2.17. The maximum absolute atomic E-state index is 9.44. The molecule has 0 bridgehead atoms. The average Bonchev–Trinajstić information content (AvgIpc) is 2.11. The van der Waals surface area contributed by atoms with E-state index in [1.54, 1.807) is 20.8 Å². The van der Waals surface area contributed by atoms with Crippen LogP contribution in [-0.4, -0.2) is 20.5 Å². The minimum absolute atomic E-state index is 0.604. The van der Waals surface area contributed by atoms with Crippen LogP contribution in [-0.2, 0) is 5.60 Å². The van der Waals surface area contributed by atoms with Crippen LogP contribution in [0.25, 0.3) is 0 Å².